The van der Waals surface area contributed by atoms with Gasteiger partial charge in [0.05, 0.1) is 11.1 Å². The Balaban J connectivity index is 1.85. The van der Waals surface area contributed by atoms with Crippen molar-refractivity contribution in [1.82, 2.24) is 14.9 Å². The molecule has 1 N–H and O–H groups in total. The molecule has 3 aromatic heterocycles. The third-order valence-electron chi connectivity index (χ3n) is 4.77. The Morgan fingerprint density at radius 1 is 1.07 bits per heavy atom. The number of carbonyl (C=O) groups is 2. The van der Waals surface area contributed by atoms with Gasteiger partial charge < -0.3 is 8.98 Å². The van der Waals surface area contributed by atoms with Crippen LogP contribution in [-0.2, 0) is 16.6 Å². The van der Waals surface area contributed by atoms with E-state index in [1.807, 2.05) is 36.0 Å². The zero-order valence-corrected chi connectivity index (χ0v) is 14.9. The van der Waals surface area contributed by atoms with Crippen LogP contribution in [0.1, 0.15) is 11.1 Å². The number of rotatable bonds is 2. The molecule has 0 bridgehead atoms. The zero-order chi connectivity index (χ0) is 18.7. The van der Waals surface area contributed by atoms with Crippen molar-refractivity contribution in [2.75, 3.05) is 0 Å². The first kappa shape index (κ1) is 15.8. The van der Waals surface area contributed by atoms with E-state index >= 15 is 0 Å². The summed E-state index contributed by atoms with van der Waals surface area (Å²) in [6.07, 6.45) is 4.90. The van der Waals surface area contributed by atoms with Gasteiger partial charge in [0, 0.05) is 51.9 Å². The van der Waals surface area contributed by atoms with Crippen LogP contribution >= 0.6 is 11.6 Å². The van der Waals surface area contributed by atoms with Crippen LogP contribution in [0.3, 0.4) is 0 Å². The maximum absolute atomic E-state index is 12.7. The fourth-order valence-electron chi connectivity index (χ4n) is 3.59. The lowest BCUT2D eigenvalue weighted by molar-refractivity contribution is -0.122. The van der Waals surface area contributed by atoms with Crippen LogP contribution in [-0.4, -0.2) is 21.4 Å². The second kappa shape index (κ2) is 5.56. The molecule has 2 amide bonds. The molecule has 1 aliphatic heterocycles. The summed E-state index contributed by atoms with van der Waals surface area (Å²) in [5.41, 5.74) is 3.10. The number of imide groups is 1. The average molecular weight is 378 g/mol. The summed E-state index contributed by atoms with van der Waals surface area (Å²) in [4.78, 5) is 29.5. The average Bonchev–Trinajstić information content (AvgIpc) is 3.29. The summed E-state index contributed by atoms with van der Waals surface area (Å²) in [6, 6.07) is 9.01. The molecule has 0 saturated heterocycles. The van der Waals surface area contributed by atoms with Gasteiger partial charge in [-0.05, 0) is 24.3 Å². The van der Waals surface area contributed by atoms with Crippen molar-refractivity contribution in [2.45, 2.75) is 0 Å². The van der Waals surface area contributed by atoms with Crippen molar-refractivity contribution in [3.63, 3.8) is 0 Å². The molecule has 0 aliphatic carbocycles. The number of aryl methyl sites for hydroxylation is 1. The van der Waals surface area contributed by atoms with Crippen molar-refractivity contribution in [2.24, 2.45) is 7.05 Å². The summed E-state index contributed by atoms with van der Waals surface area (Å²) < 4.78 is 7.36. The third kappa shape index (κ3) is 2.23. The number of pyridine rings is 1. The Morgan fingerprint density at radius 2 is 1.85 bits per heavy atom. The number of aromatic nitrogens is 2. The molecule has 0 unspecified atom stereocenters. The van der Waals surface area contributed by atoms with Crippen molar-refractivity contribution in [3.8, 4) is 0 Å². The van der Waals surface area contributed by atoms with Crippen LogP contribution in [0.25, 0.3) is 33.1 Å². The van der Waals surface area contributed by atoms with Crippen LogP contribution in [0.15, 0.2) is 53.4 Å². The quantitative estimate of drug-likeness (QED) is 0.542. The van der Waals surface area contributed by atoms with Gasteiger partial charge in [0.2, 0.25) is 5.71 Å². The molecule has 27 heavy (non-hydrogen) atoms. The molecule has 7 heteroatoms. The Kier molecular flexibility index (Phi) is 3.26. The third-order valence-corrected chi connectivity index (χ3v) is 5.01. The largest absolute Gasteiger partial charge is 0.445 e. The lowest BCUT2D eigenvalue weighted by Crippen LogP contribution is -2.22. The number of furan rings is 1. The van der Waals surface area contributed by atoms with Gasteiger partial charge in [-0.25, -0.2) is 4.98 Å². The van der Waals surface area contributed by atoms with Gasteiger partial charge in [-0.2, -0.15) is 0 Å². The zero-order valence-electron chi connectivity index (χ0n) is 14.1. The first-order chi connectivity index (χ1) is 13.0. The minimum Gasteiger partial charge on any atom is -0.445 e. The number of hydrogen-bond acceptors (Lipinski definition) is 4. The first-order valence-electron chi connectivity index (χ1n) is 8.22. The molecule has 5 rings (SSSR count). The van der Waals surface area contributed by atoms with Crippen molar-refractivity contribution in [1.29, 1.82) is 0 Å². The van der Waals surface area contributed by atoms with Crippen molar-refractivity contribution < 1.29 is 14.0 Å². The Labute approximate surface area is 158 Å². The van der Waals surface area contributed by atoms with Gasteiger partial charge in [0.15, 0.2) is 0 Å². The highest BCUT2D eigenvalue weighted by molar-refractivity contribution is 6.50. The predicted molar refractivity (Wildman–Crippen MR) is 102 cm³/mol. The van der Waals surface area contributed by atoms with Gasteiger partial charge >= 0.3 is 0 Å². The summed E-state index contributed by atoms with van der Waals surface area (Å²) in [6.45, 7) is 0. The van der Waals surface area contributed by atoms with E-state index in [1.54, 1.807) is 18.3 Å². The number of nitrogens with one attached hydrogen (secondary N) is 1. The lowest BCUT2D eigenvalue weighted by atomic mass is 9.96. The summed E-state index contributed by atoms with van der Waals surface area (Å²) in [5.74, 6) is -0.886. The molecule has 1 aliphatic rings. The molecule has 1 aromatic carbocycles. The van der Waals surface area contributed by atoms with Gasteiger partial charge in [0.1, 0.15) is 6.26 Å². The number of nitrogens with zero attached hydrogens (tertiary/aromatic N) is 2. The van der Waals surface area contributed by atoms with Crippen molar-refractivity contribution >= 4 is 56.6 Å². The minimum absolute atomic E-state index is 0.286. The van der Waals surface area contributed by atoms with Gasteiger partial charge in [0.25, 0.3) is 11.8 Å². The molecule has 4 aromatic rings. The molecule has 4 heterocycles. The Morgan fingerprint density at radius 3 is 2.67 bits per heavy atom. The van der Waals surface area contributed by atoms with Crippen LogP contribution in [0.4, 0.5) is 0 Å². The van der Waals surface area contributed by atoms with E-state index in [1.165, 1.54) is 6.26 Å². The first-order valence-corrected chi connectivity index (χ1v) is 8.60. The van der Waals surface area contributed by atoms with E-state index in [4.69, 9.17) is 16.0 Å². The summed E-state index contributed by atoms with van der Waals surface area (Å²) >= 11 is 6.11. The number of halogens is 1. The number of carbonyl (C=O) groups excluding carboxylic acids is 2. The molecule has 6 nitrogen and oxygen atoms in total. The number of fused-ring (bicyclic) bond motifs is 2. The van der Waals surface area contributed by atoms with E-state index in [0.717, 1.165) is 10.9 Å². The number of benzene rings is 1. The van der Waals surface area contributed by atoms with Gasteiger partial charge in [-0.15, -0.1) is 0 Å². The highest BCUT2D eigenvalue weighted by Crippen LogP contribution is 2.38. The van der Waals surface area contributed by atoms with Crippen molar-refractivity contribution in [3.05, 3.63) is 65.1 Å². The molecular weight excluding hydrogens is 366 g/mol. The molecule has 0 spiro atoms. The van der Waals surface area contributed by atoms with Crippen LogP contribution < -0.4 is 5.32 Å². The standard InChI is InChI=1S/C20H12ClN3O3/c1-24-8-13(11-5-4-10(21)7-15(11)24)16-17(19(26)23-18(16)25)14-9-27-20-12(14)3-2-6-22-20/h2-9H,1H3,(H,23,25,26). The highest BCUT2D eigenvalue weighted by Gasteiger charge is 2.35. The number of amides is 2. The van der Waals surface area contributed by atoms with Crippen LogP contribution in [0, 0.1) is 0 Å². The molecule has 0 atom stereocenters. The maximum Gasteiger partial charge on any atom is 0.259 e. The van der Waals surface area contributed by atoms with Gasteiger partial charge in [-0.1, -0.05) is 17.7 Å². The number of hydrogen-bond donors (Lipinski definition) is 1. The normalized spacial score (nSPS) is 14.6. The Bertz CT molecular complexity index is 1310. The molecule has 0 saturated carbocycles. The maximum atomic E-state index is 12.7. The summed E-state index contributed by atoms with van der Waals surface area (Å²) in [5, 5.41) is 4.52. The lowest BCUT2D eigenvalue weighted by Gasteiger charge is -2.02. The second-order valence-electron chi connectivity index (χ2n) is 6.35. The van der Waals surface area contributed by atoms with E-state index < -0.39 is 11.8 Å². The Hall–Kier alpha value is -3.38. The van der Waals surface area contributed by atoms with E-state index in [-0.39, 0.29) is 5.57 Å². The van der Waals surface area contributed by atoms with E-state index in [0.29, 0.717) is 32.8 Å². The van der Waals surface area contributed by atoms with E-state index in [2.05, 4.69) is 10.3 Å². The summed E-state index contributed by atoms with van der Waals surface area (Å²) in [7, 11) is 1.87. The van der Waals surface area contributed by atoms with Gasteiger partial charge in [-0.3, -0.25) is 14.9 Å². The smallest absolute Gasteiger partial charge is 0.259 e. The highest BCUT2D eigenvalue weighted by atomic mass is 35.5. The molecule has 0 fully saturated rings. The fraction of sp³-hybridized carbons (Fsp3) is 0.0500. The van der Waals surface area contributed by atoms with E-state index in [9.17, 15) is 9.59 Å². The molecule has 0 radical (unpaired) electrons. The second-order valence-corrected chi connectivity index (χ2v) is 6.79. The molecular formula is C20H12ClN3O3. The topological polar surface area (TPSA) is 77.1 Å². The molecule has 132 valence electrons. The minimum atomic E-state index is -0.451. The fourth-order valence-corrected chi connectivity index (χ4v) is 3.75. The monoisotopic (exact) mass is 377 g/mol. The van der Waals surface area contributed by atoms with Crippen LogP contribution in [0.2, 0.25) is 5.02 Å². The predicted octanol–water partition coefficient (Wildman–Crippen LogP) is 3.54. The SMILES string of the molecule is Cn1cc(C2=C(c3coc4ncccc34)C(=O)NC2=O)c2ccc(Cl)cc21. The van der Waals surface area contributed by atoms with Crippen LogP contribution in [0.5, 0.6) is 0 Å².